The lowest BCUT2D eigenvalue weighted by atomic mass is 10.3. The second-order valence-electron chi connectivity index (χ2n) is 3.63. The summed E-state index contributed by atoms with van der Waals surface area (Å²) >= 11 is 0. The standard InChI is InChI=1S/C11H13N3O6/c15-10(16)7-20-5-4-12-11(17)13-8-2-1-3-9(6-8)14(18)19/h1-3,6H,4-5,7H2,(H,15,16)(H2,12,13,17). The Morgan fingerprint density at radius 1 is 1.40 bits per heavy atom. The van der Waals surface area contributed by atoms with Crippen molar-refractivity contribution in [1.29, 1.82) is 0 Å². The fourth-order valence-corrected chi connectivity index (χ4v) is 1.27. The van der Waals surface area contributed by atoms with Crippen LogP contribution < -0.4 is 10.6 Å². The Bertz CT molecular complexity index is 505. The number of benzene rings is 1. The first-order valence-electron chi connectivity index (χ1n) is 5.58. The van der Waals surface area contributed by atoms with E-state index >= 15 is 0 Å². The zero-order chi connectivity index (χ0) is 15.0. The van der Waals surface area contributed by atoms with Crippen molar-refractivity contribution in [2.75, 3.05) is 25.1 Å². The summed E-state index contributed by atoms with van der Waals surface area (Å²) in [5.74, 6) is -1.09. The summed E-state index contributed by atoms with van der Waals surface area (Å²) in [5, 5.41) is 23.7. The van der Waals surface area contributed by atoms with Gasteiger partial charge in [0.25, 0.3) is 5.69 Å². The predicted octanol–water partition coefficient (Wildman–Crippen LogP) is 0.818. The lowest BCUT2D eigenvalue weighted by Crippen LogP contribution is -2.31. The SMILES string of the molecule is O=C(O)COCCNC(=O)Nc1cccc([N+](=O)[O-])c1. The Hall–Kier alpha value is -2.68. The van der Waals surface area contributed by atoms with Crippen LogP contribution in [0.15, 0.2) is 24.3 Å². The van der Waals surface area contributed by atoms with Crippen molar-refractivity contribution in [1.82, 2.24) is 5.32 Å². The van der Waals surface area contributed by atoms with Crippen LogP contribution in [0.2, 0.25) is 0 Å². The van der Waals surface area contributed by atoms with Crippen LogP contribution >= 0.6 is 0 Å². The maximum atomic E-state index is 11.4. The Morgan fingerprint density at radius 2 is 2.15 bits per heavy atom. The van der Waals surface area contributed by atoms with E-state index in [1.54, 1.807) is 0 Å². The van der Waals surface area contributed by atoms with Crippen molar-refractivity contribution in [2.24, 2.45) is 0 Å². The number of aliphatic carboxylic acids is 1. The van der Waals surface area contributed by atoms with Crippen molar-refractivity contribution in [3.8, 4) is 0 Å². The molecular formula is C11H13N3O6. The highest BCUT2D eigenvalue weighted by atomic mass is 16.6. The van der Waals surface area contributed by atoms with Gasteiger partial charge in [0.2, 0.25) is 0 Å². The highest BCUT2D eigenvalue weighted by Gasteiger charge is 2.07. The zero-order valence-corrected chi connectivity index (χ0v) is 10.4. The molecule has 108 valence electrons. The van der Waals surface area contributed by atoms with E-state index in [1.807, 2.05) is 0 Å². The molecule has 0 heterocycles. The molecule has 0 atom stereocenters. The smallest absolute Gasteiger partial charge is 0.329 e. The fourth-order valence-electron chi connectivity index (χ4n) is 1.27. The number of anilines is 1. The van der Waals surface area contributed by atoms with Crippen LogP contribution in [0.3, 0.4) is 0 Å². The molecular weight excluding hydrogens is 270 g/mol. The van der Waals surface area contributed by atoms with Crippen molar-refractivity contribution in [3.63, 3.8) is 0 Å². The number of nitrogens with one attached hydrogen (secondary N) is 2. The van der Waals surface area contributed by atoms with Crippen LogP contribution in [0.5, 0.6) is 0 Å². The molecule has 0 saturated heterocycles. The van der Waals surface area contributed by atoms with Gasteiger partial charge in [0.1, 0.15) is 6.61 Å². The highest BCUT2D eigenvalue weighted by Crippen LogP contribution is 2.16. The minimum absolute atomic E-state index is 0.0503. The number of carboxylic acid groups (broad SMARTS) is 1. The molecule has 1 rings (SSSR count). The predicted molar refractivity (Wildman–Crippen MR) is 68.6 cm³/mol. The average Bonchev–Trinajstić information content (AvgIpc) is 2.38. The van der Waals surface area contributed by atoms with Crippen LogP contribution in [-0.4, -0.2) is 41.8 Å². The van der Waals surface area contributed by atoms with Crippen LogP contribution in [-0.2, 0) is 9.53 Å². The van der Waals surface area contributed by atoms with Crippen molar-refractivity contribution in [3.05, 3.63) is 34.4 Å². The van der Waals surface area contributed by atoms with Gasteiger partial charge in [-0.3, -0.25) is 10.1 Å². The number of nitro groups is 1. The van der Waals surface area contributed by atoms with E-state index < -0.39 is 23.5 Å². The zero-order valence-electron chi connectivity index (χ0n) is 10.4. The van der Waals surface area contributed by atoms with Gasteiger partial charge in [-0.25, -0.2) is 9.59 Å². The molecule has 0 aliphatic carbocycles. The van der Waals surface area contributed by atoms with E-state index in [2.05, 4.69) is 10.6 Å². The highest BCUT2D eigenvalue weighted by molar-refractivity contribution is 5.89. The number of hydrogen-bond acceptors (Lipinski definition) is 5. The fraction of sp³-hybridized carbons (Fsp3) is 0.273. The van der Waals surface area contributed by atoms with Crippen molar-refractivity contribution in [2.45, 2.75) is 0 Å². The third-order valence-electron chi connectivity index (χ3n) is 2.07. The molecule has 0 bridgehead atoms. The molecule has 2 amide bonds. The van der Waals surface area contributed by atoms with E-state index in [0.717, 1.165) is 0 Å². The number of rotatable bonds is 7. The first-order chi connectivity index (χ1) is 9.49. The molecule has 0 unspecified atom stereocenters. The van der Waals surface area contributed by atoms with Gasteiger partial charge in [-0.05, 0) is 6.07 Å². The molecule has 1 aromatic carbocycles. The van der Waals surface area contributed by atoms with Gasteiger partial charge in [0.05, 0.1) is 11.5 Å². The van der Waals surface area contributed by atoms with E-state index in [0.29, 0.717) is 0 Å². The largest absolute Gasteiger partial charge is 0.480 e. The third-order valence-corrected chi connectivity index (χ3v) is 2.07. The number of nitro benzene ring substituents is 1. The minimum atomic E-state index is -1.09. The van der Waals surface area contributed by atoms with Crippen LogP contribution in [0, 0.1) is 10.1 Å². The van der Waals surface area contributed by atoms with Gasteiger partial charge >= 0.3 is 12.0 Å². The van der Waals surface area contributed by atoms with E-state index in [9.17, 15) is 19.7 Å². The van der Waals surface area contributed by atoms with Gasteiger partial charge in [-0.1, -0.05) is 6.07 Å². The molecule has 1 aromatic rings. The Balaban J connectivity index is 2.33. The lowest BCUT2D eigenvalue weighted by molar-refractivity contribution is -0.384. The molecule has 0 spiro atoms. The molecule has 0 fully saturated rings. The first-order valence-corrected chi connectivity index (χ1v) is 5.58. The normalized spacial score (nSPS) is 9.80. The Labute approximate surface area is 113 Å². The number of hydrogen-bond donors (Lipinski definition) is 3. The van der Waals surface area contributed by atoms with Crippen molar-refractivity contribution >= 4 is 23.4 Å². The van der Waals surface area contributed by atoms with E-state index in [4.69, 9.17) is 9.84 Å². The molecule has 0 aliphatic rings. The number of carboxylic acids is 1. The maximum Gasteiger partial charge on any atom is 0.329 e. The monoisotopic (exact) mass is 283 g/mol. The number of urea groups is 1. The third kappa shape index (κ3) is 5.78. The molecule has 0 aromatic heterocycles. The number of amides is 2. The molecule has 0 radical (unpaired) electrons. The number of nitrogens with zero attached hydrogens (tertiary/aromatic N) is 1. The second kappa shape index (κ2) is 7.69. The Kier molecular flexibility index (Phi) is 5.91. The summed E-state index contributed by atoms with van der Waals surface area (Å²) in [6.07, 6.45) is 0. The lowest BCUT2D eigenvalue weighted by Gasteiger charge is -2.07. The van der Waals surface area contributed by atoms with Crippen LogP contribution in [0.25, 0.3) is 0 Å². The second-order valence-corrected chi connectivity index (χ2v) is 3.63. The molecule has 0 aliphatic heterocycles. The summed E-state index contributed by atoms with van der Waals surface area (Å²) < 4.78 is 4.71. The number of non-ortho nitro benzene ring substituents is 1. The summed E-state index contributed by atoms with van der Waals surface area (Å²) in [6, 6.07) is 4.92. The average molecular weight is 283 g/mol. The molecule has 0 saturated carbocycles. The quantitative estimate of drug-likeness (QED) is 0.385. The number of ether oxygens (including phenoxy) is 1. The summed E-state index contributed by atoms with van der Waals surface area (Å²) in [5.41, 5.74) is 0.149. The van der Waals surface area contributed by atoms with Gasteiger partial charge in [-0.15, -0.1) is 0 Å². The van der Waals surface area contributed by atoms with Gasteiger partial charge in [0.15, 0.2) is 0 Å². The molecule has 20 heavy (non-hydrogen) atoms. The van der Waals surface area contributed by atoms with Gasteiger partial charge in [-0.2, -0.15) is 0 Å². The summed E-state index contributed by atoms with van der Waals surface area (Å²) in [7, 11) is 0. The van der Waals surface area contributed by atoms with Crippen LogP contribution in [0.1, 0.15) is 0 Å². The van der Waals surface area contributed by atoms with E-state index in [-0.39, 0.29) is 24.5 Å². The van der Waals surface area contributed by atoms with Crippen molar-refractivity contribution < 1.29 is 24.4 Å². The minimum Gasteiger partial charge on any atom is -0.480 e. The molecule has 9 heteroatoms. The Morgan fingerprint density at radius 3 is 2.80 bits per heavy atom. The van der Waals surface area contributed by atoms with Crippen LogP contribution in [0.4, 0.5) is 16.2 Å². The van der Waals surface area contributed by atoms with E-state index in [1.165, 1.54) is 24.3 Å². The van der Waals surface area contributed by atoms with Gasteiger partial charge in [0, 0.05) is 24.4 Å². The molecule has 3 N–H and O–H groups in total. The number of carbonyl (C=O) groups is 2. The molecule has 9 nitrogen and oxygen atoms in total. The summed E-state index contributed by atoms with van der Waals surface area (Å²) in [4.78, 5) is 31.6. The first kappa shape index (κ1) is 15.4. The topological polar surface area (TPSA) is 131 Å². The summed E-state index contributed by atoms with van der Waals surface area (Å²) in [6.45, 7) is -0.267. The maximum absolute atomic E-state index is 11.4. The van der Waals surface area contributed by atoms with Gasteiger partial charge < -0.3 is 20.5 Å². The number of carbonyl (C=O) groups excluding carboxylic acids is 1.